The molecule has 1 aliphatic rings. The summed E-state index contributed by atoms with van der Waals surface area (Å²) in [5.41, 5.74) is 4.69. The number of aromatic nitrogens is 4. The van der Waals surface area contributed by atoms with Crippen LogP contribution in [0.15, 0.2) is 43.1 Å². The van der Waals surface area contributed by atoms with Crippen LogP contribution in [0.2, 0.25) is 5.15 Å². The first-order valence-corrected chi connectivity index (χ1v) is 8.91. The fraction of sp³-hybridized carbons (Fsp3) is 0.316. The first kappa shape index (κ1) is 16.1. The molecule has 4 heterocycles. The van der Waals surface area contributed by atoms with Crippen LogP contribution in [-0.4, -0.2) is 31.0 Å². The topological polar surface area (TPSA) is 46.3 Å². The van der Waals surface area contributed by atoms with E-state index in [1.54, 1.807) is 10.6 Å². The number of hydrogen-bond donors (Lipinski definition) is 0. The lowest BCUT2D eigenvalue weighted by molar-refractivity contribution is 0.226. The number of imidazole rings is 1. The summed E-state index contributed by atoms with van der Waals surface area (Å²) < 4.78 is 1.75. The average molecular weight is 354 g/mol. The first-order valence-electron chi connectivity index (χ1n) is 8.53. The highest BCUT2D eigenvalue weighted by Gasteiger charge is 2.28. The molecule has 0 unspecified atom stereocenters. The molecule has 4 rings (SSSR count). The second kappa shape index (κ2) is 6.48. The second-order valence-electron chi connectivity index (χ2n) is 6.44. The molecule has 1 saturated heterocycles. The molecular formula is C19H20ClN5. The van der Waals surface area contributed by atoms with Crippen LogP contribution in [0.3, 0.4) is 0 Å². The number of likely N-dealkylation sites (tertiary alicyclic amines) is 1. The van der Waals surface area contributed by atoms with Crippen LogP contribution in [0.1, 0.15) is 42.4 Å². The van der Waals surface area contributed by atoms with Gasteiger partial charge in [0.1, 0.15) is 5.15 Å². The third-order valence-corrected chi connectivity index (χ3v) is 4.88. The minimum Gasteiger partial charge on any atom is -0.362 e. The zero-order valence-electron chi connectivity index (χ0n) is 14.2. The quantitative estimate of drug-likeness (QED) is 0.705. The van der Waals surface area contributed by atoms with Gasteiger partial charge >= 0.3 is 0 Å². The second-order valence-corrected chi connectivity index (χ2v) is 6.83. The van der Waals surface area contributed by atoms with E-state index >= 15 is 0 Å². The van der Waals surface area contributed by atoms with Gasteiger partial charge in [0, 0.05) is 12.2 Å². The van der Waals surface area contributed by atoms with Gasteiger partial charge in [-0.25, -0.2) is 9.50 Å². The highest BCUT2D eigenvalue weighted by Crippen LogP contribution is 2.35. The molecule has 3 aromatic heterocycles. The van der Waals surface area contributed by atoms with Gasteiger partial charge < -0.3 is 4.90 Å². The lowest BCUT2D eigenvalue weighted by Gasteiger charge is -2.37. The zero-order chi connectivity index (χ0) is 17.4. The summed E-state index contributed by atoms with van der Waals surface area (Å²) >= 11 is 6.00. The summed E-state index contributed by atoms with van der Waals surface area (Å²) in [5, 5.41) is 4.76. The standard InChI is InChI=1S/C19H20ClN5/c1-13-6-5-7-15(21-13)14(2)24-11-4-3-8-17(24)16-12-25-19(22-16)10-9-18(20)23-25/h5-7,9-10,12,17H,2-4,8,11H2,1H3/t17-/m0/s1. The molecule has 1 aliphatic heterocycles. The van der Waals surface area contributed by atoms with Crippen molar-refractivity contribution in [2.75, 3.05) is 6.54 Å². The molecule has 0 aromatic carbocycles. The SMILES string of the molecule is C=C(c1cccc(C)n1)N1CCCC[C@H]1c1cn2nc(Cl)ccc2n1. The maximum Gasteiger partial charge on any atom is 0.153 e. The normalized spacial score (nSPS) is 17.8. The predicted molar refractivity (Wildman–Crippen MR) is 99.3 cm³/mol. The fourth-order valence-electron chi connectivity index (χ4n) is 3.45. The summed E-state index contributed by atoms with van der Waals surface area (Å²) in [6.45, 7) is 7.29. The third kappa shape index (κ3) is 3.12. The molecule has 1 fully saturated rings. The molecule has 3 aromatic rings. The Balaban J connectivity index is 1.69. The Morgan fingerprint density at radius 3 is 2.92 bits per heavy atom. The molecule has 0 N–H and O–H groups in total. The summed E-state index contributed by atoms with van der Waals surface area (Å²) in [6.07, 6.45) is 5.35. The van der Waals surface area contributed by atoms with Crippen molar-refractivity contribution in [3.05, 3.63) is 65.3 Å². The molecule has 1 atom stereocenters. The molecule has 0 amide bonds. The van der Waals surface area contributed by atoms with Crippen LogP contribution in [0, 0.1) is 6.92 Å². The number of hydrogen-bond acceptors (Lipinski definition) is 4. The van der Waals surface area contributed by atoms with Gasteiger partial charge in [0.2, 0.25) is 0 Å². The van der Waals surface area contributed by atoms with Crippen molar-refractivity contribution in [3.8, 4) is 0 Å². The van der Waals surface area contributed by atoms with Gasteiger partial charge in [-0.15, -0.1) is 0 Å². The van der Waals surface area contributed by atoms with Gasteiger partial charge in [0.25, 0.3) is 0 Å². The Labute approximate surface area is 152 Å². The first-order chi connectivity index (χ1) is 12.1. The van der Waals surface area contributed by atoms with Crippen molar-refractivity contribution in [2.24, 2.45) is 0 Å². The molecule has 128 valence electrons. The van der Waals surface area contributed by atoms with Gasteiger partial charge in [0.15, 0.2) is 5.65 Å². The minimum absolute atomic E-state index is 0.184. The number of aryl methyl sites for hydroxylation is 1. The number of halogens is 1. The smallest absolute Gasteiger partial charge is 0.153 e. The monoisotopic (exact) mass is 353 g/mol. The Bertz CT molecular complexity index is 932. The Kier molecular flexibility index (Phi) is 4.17. The predicted octanol–water partition coefficient (Wildman–Crippen LogP) is 4.28. The number of rotatable bonds is 3. The van der Waals surface area contributed by atoms with Gasteiger partial charge in [0.05, 0.1) is 29.3 Å². The lowest BCUT2D eigenvalue weighted by Crippen LogP contribution is -2.32. The molecule has 0 saturated carbocycles. The van der Waals surface area contributed by atoms with E-state index < -0.39 is 0 Å². The summed E-state index contributed by atoms with van der Waals surface area (Å²) in [7, 11) is 0. The van der Waals surface area contributed by atoms with E-state index in [2.05, 4.69) is 21.6 Å². The minimum atomic E-state index is 0.184. The van der Waals surface area contributed by atoms with Gasteiger partial charge in [-0.1, -0.05) is 24.2 Å². The van der Waals surface area contributed by atoms with E-state index in [0.717, 1.165) is 47.8 Å². The number of pyridine rings is 1. The maximum absolute atomic E-state index is 6.00. The zero-order valence-corrected chi connectivity index (χ0v) is 14.9. The molecule has 0 spiro atoms. The van der Waals surface area contributed by atoms with Crippen LogP contribution in [0.5, 0.6) is 0 Å². The van der Waals surface area contributed by atoms with E-state index in [9.17, 15) is 0 Å². The number of piperidine rings is 1. The van der Waals surface area contributed by atoms with Crippen molar-refractivity contribution in [2.45, 2.75) is 32.2 Å². The van der Waals surface area contributed by atoms with Crippen LogP contribution in [-0.2, 0) is 0 Å². The van der Waals surface area contributed by atoms with Crippen molar-refractivity contribution in [3.63, 3.8) is 0 Å². The number of fused-ring (bicyclic) bond motifs is 1. The summed E-state index contributed by atoms with van der Waals surface area (Å²) in [6, 6.07) is 9.89. The Morgan fingerprint density at radius 2 is 2.08 bits per heavy atom. The fourth-order valence-corrected chi connectivity index (χ4v) is 3.60. The summed E-state index contributed by atoms with van der Waals surface area (Å²) in [4.78, 5) is 11.7. The molecule has 0 bridgehead atoms. The van der Waals surface area contributed by atoms with Gasteiger partial charge in [-0.05, 0) is 50.5 Å². The molecule has 0 radical (unpaired) electrons. The van der Waals surface area contributed by atoms with Crippen LogP contribution in [0.4, 0.5) is 0 Å². The van der Waals surface area contributed by atoms with E-state index in [0.29, 0.717) is 5.15 Å². The highest BCUT2D eigenvalue weighted by atomic mass is 35.5. The van der Waals surface area contributed by atoms with Gasteiger partial charge in [-0.2, -0.15) is 5.10 Å². The van der Waals surface area contributed by atoms with E-state index in [1.165, 1.54) is 6.42 Å². The van der Waals surface area contributed by atoms with Crippen molar-refractivity contribution >= 4 is 22.9 Å². The van der Waals surface area contributed by atoms with Crippen molar-refractivity contribution in [1.82, 2.24) is 24.5 Å². The largest absolute Gasteiger partial charge is 0.362 e. The molecule has 6 heteroatoms. The Morgan fingerprint density at radius 1 is 1.20 bits per heavy atom. The van der Waals surface area contributed by atoms with E-state index in [-0.39, 0.29) is 6.04 Å². The van der Waals surface area contributed by atoms with Crippen molar-refractivity contribution in [1.29, 1.82) is 0 Å². The third-order valence-electron chi connectivity index (χ3n) is 4.68. The van der Waals surface area contributed by atoms with E-state index in [1.807, 2.05) is 37.4 Å². The maximum atomic E-state index is 6.00. The van der Waals surface area contributed by atoms with Crippen LogP contribution >= 0.6 is 11.6 Å². The van der Waals surface area contributed by atoms with E-state index in [4.69, 9.17) is 16.6 Å². The molecule has 5 nitrogen and oxygen atoms in total. The average Bonchev–Trinajstić information content (AvgIpc) is 3.04. The van der Waals surface area contributed by atoms with Crippen LogP contribution < -0.4 is 0 Å². The number of nitrogens with zero attached hydrogens (tertiary/aromatic N) is 5. The molecule has 25 heavy (non-hydrogen) atoms. The van der Waals surface area contributed by atoms with Gasteiger partial charge in [-0.3, -0.25) is 4.98 Å². The lowest BCUT2D eigenvalue weighted by atomic mass is 9.98. The Hall–Kier alpha value is -2.40. The van der Waals surface area contributed by atoms with Crippen molar-refractivity contribution < 1.29 is 0 Å². The highest BCUT2D eigenvalue weighted by molar-refractivity contribution is 6.29. The molecule has 0 aliphatic carbocycles. The van der Waals surface area contributed by atoms with Crippen LogP contribution in [0.25, 0.3) is 11.3 Å². The molecular weight excluding hydrogens is 334 g/mol. The summed E-state index contributed by atoms with van der Waals surface area (Å²) in [5.74, 6) is 0.